The minimum Gasteiger partial charge on any atom is -0.398 e. The van der Waals surface area contributed by atoms with Gasteiger partial charge in [-0.05, 0) is 30.3 Å². The number of amides is 1. The summed E-state index contributed by atoms with van der Waals surface area (Å²) in [6, 6.07) is 14.3. The highest BCUT2D eigenvalue weighted by molar-refractivity contribution is 6.12. The molecule has 28 heavy (non-hydrogen) atoms. The first-order valence-electron chi connectivity index (χ1n) is 8.97. The molecule has 0 aliphatic carbocycles. The van der Waals surface area contributed by atoms with E-state index in [1.54, 1.807) is 40.0 Å². The summed E-state index contributed by atoms with van der Waals surface area (Å²) in [5, 5.41) is 16.5. The number of nitrogens with one attached hydrogen (secondary N) is 1. The van der Waals surface area contributed by atoms with Crippen LogP contribution in [-0.2, 0) is 4.74 Å². The topological polar surface area (TPSA) is 110 Å². The molecule has 0 unspecified atom stereocenters. The molecule has 0 bridgehead atoms. The fourth-order valence-electron chi connectivity index (χ4n) is 3.07. The molecule has 1 amide bonds. The summed E-state index contributed by atoms with van der Waals surface area (Å²) >= 11 is 0. The first-order chi connectivity index (χ1) is 13.6. The average molecular weight is 376 g/mol. The number of aromatic nitrogens is 3. The summed E-state index contributed by atoms with van der Waals surface area (Å²) in [7, 11) is 0. The molecule has 0 saturated carbocycles. The van der Waals surface area contributed by atoms with Crippen LogP contribution in [0.5, 0.6) is 0 Å². The van der Waals surface area contributed by atoms with Gasteiger partial charge < -0.3 is 15.4 Å². The maximum absolute atomic E-state index is 12.5. The molecule has 142 valence electrons. The number of para-hydroxylation sites is 1. The van der Waals surface area contributed by atoms with Crippen molar-refractivity contribution in [2.75, 3.05) is 32.0 Å². The normalized spacial score (nSPS) is 14.1. The Morgan fingerprint density at radius 1 is 1.07 bits per heavy atom. The number of carbonyl (C=O) groups excluding carboxylic acids is 1. The van der Waals surface area contributed by atoms with Crippen LogP contribution < -0.4 is 5.73 Å². The van der Waals surface area contributed by atoms with E-state index in [2.05, 4.69) is 10.3 Å². The maximum atomic E-state index is 12.5. The lowest BCUT2D eigenvalue weighted by Crippen LogP contribution is -2.40. The summed E-state index contributed by atoms with van der Waals surface area (Å²) in [6.45, 7) is 2.36. The minimum absolute atomic E-state index is 0.00420. The van der Waals surface area contributed by atoms with Gasteiger partial charge in [0, 0.05) is 29.9 Å². The maximum Gasteiger partial charge on any atom is 0.254 e. The van der Waals surface area contributed by atoms with Gasteiger partial charge in [-0.15, -0.1) is 5.10 Å². The Bertz CT molecular complexity index is 1010. The van der Waals surface area contributed by atoms with Crippen LogP contribution in [0.1, 0.15) is 21.6 Å². The number of morpholine rings is 1. The highest BCUT2D eigenvalue weighted by Crippen LogP contribution is 2.16. The molecule has 3 N–H and O–H groups in total. The molecule has 8 nitrogen and oxygen atoms in total. The van der Waals surface area contributed by atoms with Crippen molar-refractivity contribution in [1.29, 1.82) is 5.41 Å². The first-order valence-corrected chi connectivity index (χ1v) is 8.97. The molecule has 1 aromatic heterocycles. The van der Waals surface area contributed by atoms with E-state index in [1.807, 2.05) is 24.3 Å². The third kappa shape index (κ3) is 3.49. The Morgan fingerprint density at radius 2 is 1.79 bits per heavy atom. The minimum atomic E-state index is -0.00420. The molecule has 1 fully saturated rings. The van der Waals surface area contributed by atoms with E-state index in [9.17, 15) is 4.79 Å². The van der Waals surface area contributed by atoms with Gasteiger partial charge >= 0.3 is 0 Å². The molecule has 0 spiro atoms. The van der Waals surface area contributed by atoms with Crippen molar-refractivity contribution in [3.05, 3.63) is 71.5 Å². The van der Waals surface area contributed by atoms with E-state index in [1.165, 1.54) is 0 Å². The number of rotatable bonds is 4. The van der Waals surface area contributed by atoms with Gasteiger partial charge in [0.25, 0.3) is 5.91 Å². The first kappa shape index (κ1) is 17.9. The molecule has 8 heteroatoms. The van der Waals surface area contributed by atoms with Crippen LogP contribution in [0.2, 0.25) is 0 Å². The third-order valence-corrected chi connectivity index (χ3v) is 4.66. The fraction of sp³-hybridized carbons (Fsp3) is 0.200. The lowest BCUT2D eigenvalue weighted by Gasteiger charge is -2.26. The van der Waals surface area contributed by atoms with Crippen molar-refractivity contribution < 1.29 is 9.53 Å². The van der Waals surface area contributed by atoms with E-state index in [0.29, 0.717) is 48.8 Å². The SMILES string of the molecule is N=C(c1cn(-c2ccc(C(=O)N3CCOCC3)cc2)nn1)c1ccccc1N. The van der Waals surface area contributed by atoms with Crippen LogP contribution in [0.15, 0.2) is 54.7 Å². The number of nitrogens with two attached hydrogens (primary N) is 1. The second kappa shape index (κ2) is 7.61. The zero-order chi connectivity index (χ0) is 19.5. The van der Waals surface area contributed by atoms with Crippen LogP contribution >= 0.6 is 0 Å². The smallest absolute Gasteiger partial charge is 0.254 e. The number of anilines is 1. The van der Waals surface area contributed by atoms with Crippen LogP contribution in [0.4, 0.5) is 5.69 Å². The summed E-state index contributed by atoms with van der Waals surface area (Å²) in [5.74, 6) is -0.00420. The molecule has 2 aromatic carbocycles. The highest BCUT2D eigenvalue weighted by Gasteiger charge is 2.18. The van der Waals surface area contributed by atoms with Crippen LogP contribution in [0.3, 0.4) is 0 Å². The van der Waals surface area contributed by atoms with Crippen molar-refractivity contribution >= 4 is 17.3 Å². The van der Waals surface area contributed by atoms with Crippen molar-refractivity contribution in [1.82, 2.24) is 19.9 Å². The molecule has 3 aromatic rings. The largest absolute Gasteiger partial charge is 0.398 e. The second-order valence-electron chi connectivity index (χ2n) is 6.46. The zero-order valence-corrected chi connectivity index (χ0v) is 15.2. The molecule has 2 heterocycles. The van der Waals surface area contributed by atoms with E-state index < -0.39 is 0 Å². The van der Waals surface area contributed by atoms with Gasteiger partial charge in [-0.1, -0.05) is 23.4 Å². The Balaban J connectivity index is 1.52. The Hall–Kier alpha value is -3.52. The summed E-state index contributed by atoms with van der Waals surface area (Å²) in [5.41, 5.74) is 9.09. The lowest BCUT2D eigenvalue weighted by molar-refractivity contribution is 0.0303. The average Bonchev–Trinajstić information content (AvgIpc) is 3.24. The Morgan fingerprint density at radius 3 is 2.50 bits per heavy atom. The summed E-state index contributed by atoms with van der Waals surface area (Å²) < 4.78 is 6.86. The number of carbonyl (C=O) groups is 1. The lowest BCUT2D eigenvalue weighted by atomic mass is 10.1. The predicted octanol–water partition coefficient (Wildman–Crippen LogP) is 1.74. The van der Waals surface area contributed by atoms with Gasteiger partial charge in [0.15, 0.2) is 0 Å². The standard InChI is InChI=1S/C20H20N6O2/c21-17-4-2-1-3-16(17)19(22)18-13-26(24-23-18)15-7-5-14(6-8-15)20(27)25-9-11-28-12-10-25/h1-8,13,22H,9-12,21H2. The number of ether oxygens (including phenoxy) is 1. The number of hydrogen-bond acceptors (Lipinski definition) is 6. The fourth-order valence-corrected chi connectivity index (χ4v) is 3.07. The quantitative estimate of drug-likeness (QED) is 0.532. The number of nitrogen functional groups attached to an aromatic ring is 1. The van der Waals surface area contributed by atoms with E-state index >= 15 is 0 Å². The molecular weight excluding hydrogens is 356 g/mol. The molecular formula is C20H20N6O2. The summed E-state index contributed by atoms with van der Waals surface area (Å²) in [6.07, 6.45) is 1.67. The Labute approximate surface area is 162 Å². The van der Waals surface area contributed by atoms with E-state index in [4.69, 9.17) is 15.9 Å². The molecule has 1 aliphatic heterocycles. The van der Waals surface area contributed by atoms with Crippen LogP contribution in [0.25, 0.3) is 5.69 Å². The van der Waals surface area contributed by atoms with E-state index in [-0.39, 0.29) is 11.6 Å². The number of hydrogen-bond donors (Lipinski definition) is 2. The van der Waals surface area contributed by atoms with E-state index in [0.717, 1.165) is 5.69 Å². The molecule has 1 aliphatic rings. The molecule has 4 rings (SSSR count). The zero-order valence-electron chi connectivity index (χ0n) is 15.2. The molecule has 1 saturated heterocycles. The second-order valence-corrected chi connectivity index (χ2v) is 6.46. The molecule has 0 radical (unpaired) electrons. The van der Waals surface area contributed by atoms with Crippen molar-refractivity contribution in [2.24, 2.45) is 0 Å². The third-order valence-electron chi connectivity index (χ3n) is 4.66. The monoisotopic (exact) mass is 376 g/mol. The number of nitrogens with zero attached hydrogens (tertiary/aromatic N) is 4. The number of benzene rings is 2. The van der Waals surface area contributed by atoms with Crippen LogP contribution in [-0.4, -0.2) is 57.8 Å². The van der Waals surface area contributed by atoms with Gasteiger partial charge in [0.05, 0.1) is 30.8 Å². The van der Waals surface area contributed by atoms with Crippen LogP contribution in [0, 0.1) is 5.41 Å². The molecule has 0 atom stereocenters. The van der Waals surface area contributed by atoms with Crippen molar-refractivity contribution in [2.45, 2.75) is 0 Å². The van der Waals surface area contributed by atoms with Gasteiger partial charge in [0.1, 0.15) is 5.69 Å². The van der Waals surface area contributed by atoms with Gasteiger partial charge in [-0.3, -0.25) is 10.2 Å². The Kier molecular flexibility index (Phi) is 4.86. The van der Waals surface area contributed by atoms with Gasteiger partial charge in [0.2, 0.25) is 0 Å². The highest BCUT2D eigenvalue weighted by atomic mass is 16.5. The van der Waals surface area contributed by atoms with Gasteiger partial charge in [-0.25, -0.2) is 4.68 Å². The van der Waals surface area contributed by atoms with Gasteiger partial charge in [-0.2, -0.15) is 0 Å². The van der Waals surface area contributed by atoms with Crippen molar-refractivity contribution in [3.63, 3.8) is 0 Å². The predicted molar refractivity (Wildman–Crippen MR) is 105 cm³/mol. The van der Waals surface area contributed by atoms with Crippen molar-refractivity contribution in [3.8, 4) is 5.69 Å². The summed E-state index contributed by atoms with van der Waals surface area (Å²) in [4.78, 5) is 14.3.